The maximum Gasteiger partial charge on any atom is 0.325 e. The number of carboxylic acid groups (broad SMARTS) is 1. The first-order valence-corrected chi connectivity index (χ1v) is 12.6. The minimum atomic E-state index is -1.73. The first-order valence-electron chi connectivity index (χ1n) is 12.6. The zero-order valence-corrected chi connectivity index (χ0v) is 21.5. The fourth-order valence-corrected chi connectivity index (χ4v) is 6.14. The Morgan fingerprint density at radius 1 is 1.03 bits per heavy atom. The lowest BCUT2D eigenvalue weighted by atomic mass is 9.75. The SMILES string of the molecule is CC(C)CC1(C(=O)O)C2C(=O)N(Cc3ccccc3)C(=O)C2C(c2ccc(C(=N)N)cc2)N1CCC(N)=O. The molecule has 10 nitrogen and oxygen atoms in total. The Morgan fingerprint density at radius 3 is 2.18 bits per heavy atom. The lowest BCUT2D eigenvalue weighted by Crippen LogP contribution is -2.58. The van der Waals surface area contributed by atoms with E-state index in [1.54, 1.807) is 29.2 Å². The maximum atomic E-state index is 14.0. The van der Waals surface area contributed by atoms with Crippen LogP contribution in [0.25, 0.3) is 0 Å². The van der Waals surface area contributed by atoms with E-state index in [0.29, 0.717) is 11.1 Å². The van der Waals surface area contributed by atoms with Gasteiger partial charge in [-0.05, 0) is 23.5 Å². The molecule has 4 atom stereocenters. The van der Waals surface area contributed by atoms with Crippen molar-refractivity contribution in [2.24, 2.45) is 29.2 Å². The molecule has 0 aliphatic carbocycles. The van der Waals surface area contributed by atoms with E-state index < -0.39 is 47.1 Å². The van der Waals surface area contributed by atoms with Crippen molar-refractivity contribution in [2.75, 3.05) is 6.54 Å². The summed E-state index contributed by atoms with van der Waals surface area (Å²) in [6.07, 6.45) is -0.0345. The molecule has 3 amide bonds. The quantitative estimate of drug-likeness (QED) is 0.211. The van der Waals surface area contributed by atoms with Gasteiger partial charge in [0.25, 0.3) is 0 Å². The molecule has 0 spiro atoms. The largest absolute Gasteiger partial charge is 0.480 e. The highest BCUT2D eigenvalue weighted by Gasteiger charge is 2.71. The Morgan fingerprint density at radius 2 is 1.66 bits per heavy atom. The molecule has 4 rings (SSSR count). The van der Waals surface area contributed by atoms with Gasteiger partial charge in [0.2, 0.25) is 17.7 Å². The molecule has 2 aliphatic heterocycles. The molecule has 2 saturated heterocycles. The van der Waals surface area contributed by atoms with Gasteiger partial charge >= 0.3 is 5.97 Å². The summed E-state index contributed by atoms with van der Waals surface area (Å²) in [5.74, 6) is -5.18. The van der Waals surface area contributed by atoms with Crippen molar-refractivity contribution in [1.29, 1.82) is 5.41 Å². The van der Waals surface area contributed by atoms with Crippen LogP contribution in [0.1, 0.15) is 49.4 Å². The Balaban J connectivity index is 1.89. The van der Waals surface area contributed by atoms with Crippen molar-refractivity contribution in [3.05, 3.63) is 71.3 Å². The van der Waals surface area contributed by atoms with Crippen molar-refractivity contribution in [1.82, 2.24) is 9.80 Å². The number of carboxylic acids is 1. The molecule has 2 aromatic rings. The lowest BCUT2D eigenvalue weighted by Gasteiger charge is -2.41. The van der Waals surface area contributed by atoms with Crippen molar-refractivity contribution in [3.8, 4) is 0 Å². The number of aliphatic carboxylic acids is 1. The Labute approximate surface area is 221 Å². The molecule has 38 heavy (non-hydrogen) atoms. The molecule has 2 heterocycles. The Hall–Kier alpha value is -4.05. The molecule has 0 radical (unpaired) electrons. The van der Waals surface area contributed by atoms with Crippen molar-refractivity contribution in [2.45, 2.75) is 44.8 Å². The molecule has 2 fully saturated rings. The Kier molecular flexibility index (Phi) is 7.37. The average Bonchev–Trinajstić information content (AvgIpc) is 3.28. The number of primary amides is 1. The molecule has 200 valence electrons. The predicted molar refractivity (Wildman–Crippen MR) is 140 cm³/mol. The molecule has 2 aliphatic rings. The minimum Gasteiger partial charge on any atom is -0.480 e. The summed E-state index contributed by atoms with van der Waals surface area (Å²) in [5.41, 5.74) is 11.2. The van der Waals surface area contributed by atoms with Crippen LogP contribution in [0.5, 0.6) is 0 Å². The number of hydrogen-bond acceptors (Lipinski definition) is 6. The van der Waals surface area contributed by atoms with Crippen LogP contribution in [0.3, 0.4) is 0 Å². The number of nitrogens with one attached hydrogen (secondary N) is 1. The Bertz CT molecular complexity index is 1260. The molecule has 6 N–H and O–H groups in total. The molecule has 0 saturated carbocycles. The monoisotopic (exact) mass is 519 g/mol. The summed E-state index contributed by atoms with van der Waals surface area (Å²) >= 11 is 0. The second kappa shape index (κ2) is 10.4. The first kappa shape index (κ1) is 27.0. The lowest BCUT2D eigenvalue weighted by molar-refractivity contribution is -0.160. The van der Waals surface area contributed by atoms with E-state index >= 15 is 0 Å². The topological polar surface area (TPSA) is 171 Å². The second-order valence-electron chi connectivity index (χ2n) is 10.5. The van der Waals surface area contributed by atoms with Crippen LogP contribution in [0, 0.1) is 23.2 Å². The van der Waals surface area contributed by atoms with E-state index in [0.717, 1.165) is 5.56 Å². The zero-order chi connectivity index (χ0) is 27.8. The molecule has 0 aromatic heterocycles. The van der Waals surface area contributed by atoms with Crippen molar-refractivity contribution in [3.63, 3.8) is 0 Å². The van der Waals surface area contributed by atoms with Crippen LogP contribution in [0.15, 0.2) is 54.6 Å². The predicted octanol–water partition coefficient (Wildman–Crippen LogP) is 1.87. The summed E-state index contributed by atoms with van der Waals surface area (Å²) in [7, 11) is 0. The van der Waals surface area contributed by atoms with Crippen LogP contribution in [0.4, 0.5) is 0 Å². The van der Waals surface area contributed by atoms with Gasteiger partial charge in [0.05, 0.1) is 18.4 Å². The van der Waals surface area contributed by atoms with Crippen LogP contribution in [0.2, 0.25) is 0 Å². The number of carbonyl (C=O) groups excluding carboxylic acids is 3. The second-order valence-corrected chi connectivity index (χ2v) is 10.5. The fourth-order valence-electron chi connectivity index (χ4n) is 6.14. The van der Waals surface area contributed by atoms with E-state index in [1.807, 2.05) is 44.2 Å². The third kappa shape index (κ3) is 4.56. The zero-order valence-electron chi connectivity index (χ0n) is 21.5. The van der Waals surface area contributed by atoms with Crippen molar-refractivity contribution >= 4 is 29.5 Å². The average molecular weight is 520 g/mol. The van der Waals surface area contributed by atoms with Crippen molar-refractivity contribution < 1.29 is 24.3 Å². The number of nitrogens with zero attached hydrogens (tertiary/aromatic N) is 2. The smallest absolute Gasteiger partial charge is 0.325 e. The van der Waals surface area contributed by atoms with Crippen LogP contribution in [-0.4, -0.2) is 56.5 Å². The number of carbonyl (C=O) groups is 4. The number of fused-ring (bicyclic) bond motifs is 1. The van der Waals surface area contributed by atoms with E-state index in [4.69, 9.17) is 16.9 Å². The summed E-state index contributed by atoms with van der Waals surface area (Å²) in [5, 5.41) is 18.5. The van der Waals surface area contributed by atoms with Gasteiger partial charge < -0.3 is 16.6 Å². The van der Waals surface area contributed by atoms with E-state index in [-0.39, 0.29) is 37.7 Å². The van der Waals surface area contributed by atoms with Gasteiger partial charge in [0, 0.05) is 24.6 Å². The number of rotatable bonds is 10. The highest BCUT2D eigenvalue weighted by Crippen LogP contribution is 2.57. The summed E-state index contributed by atoms with van der Waals surface area (Å²) in [6.45, 7) is 3.74. The van der Waals surface area contributed by atoms with E-state index in [1.165, 1.54) is 4.90 Å². The molecule has 10 heteroatoms. The number of amides is 3. The minimum absolute atomic E-state index is 0.0281. The molecule has 4 unspecified atom stereocenters. The van der Waals surface area contributed by atoms with Gasteiger partial charge in [-0.15, -0.1) is 0 Å². The number of likely N-dealkylation sites (tertiary alicyclic amines) is 2. The third-order valence-electron chi connectivity index (χ3n) is 7.58. The van der Waals surface area contributed by atoms with Crippen LogP contribution in [-0.2, 0) is 25.7 Å². The number of benzene rings is 2. The van der Waals surface area contributed by atoms with Gasteiger partial charge in [-0.1, -0.05) is 68.4 Å². The highest BCUT2D eigenvalue weighted by molar-refractivity contribution is 6.09. The van der Waals surface area contributed by atoms with Gasteiger partial charge in [0.15, 0.2) is 0 Å². The molecule has 2 aromatic carbocycles. The normalized spacial score (nSPS) is 25.1. The highest BCUT2D eigenvalue weighted by atomic mass is 16.4. The number of nitrogens with two attached hydrogens (primary N) is 2. The number of hydrogen-bond donors (Lipinski definition) is 4. The summed E-state index contributed by atoms with van der Waals surface area (Å²) in [4.78, 5) is 55.8. The molecular weight excluding hydrogens is 486 g/mol. The van der Waals surface area contributed by atoms with Gasteiger partial charge in [0.1, 0.15) is 11.4 Å². The van der Waals surface area contributed by atoms with Gasteiger partial charge in [-0.2, -0.15) is 0 Å². The van der Waals surface area contributed by atoms with Gasteiger partial charge in [-0.25, -0.2) is 0 Å². The standard InChI is InChI=1S/C28H33N5O5/c1-16(2)14-28(27(37)38)22-21(25(35)32(26(22)36)15-17-6-4-3-5-7-17)23(33(28)13-12-20(29)34)18-8-10-19(11-9-18)24(30)31/h3-11,16,21-23H,12-15H2,1-2H3,(H2,29,34)(H3,30,31)(H,37,38). The van der Waals surface area contributed by atoms with E-state index in [9.17, 15) is 24.3 Å². The number of nitrogen functional groups attached to an aromatic ring is 1. The number of amidine groups is 1. The van der Waals surface area contributed by atoms with Crippen LogP contribution >= 0.6 is 0 Å². The van der Waals surface area contributed by atoms with Crippen LogP contribution < -0.4 is 11.5 Å². The first-order chi connectivity index (χ1) is 18.0. The maximum absolute atomic E-state index is 14.0. The van der Waals surface area contributed by atoms with Gasteiger partial charge in [-0.3, -0.25) is 34.4 Å². The van der Waals surface area contributed by atoms with E-state index in [2.05, 4.69) is 0 Å². The summed E-state index contributed by atoms with van der Waals surface area (Å²) in [6, 6.07) is 14.9. The third-order valence-corrected chi connectivity index (χ3v) is 7.58. The number of imide groups is 1. The molecule has 0 bridgehead atoms. The summed E-state index contributed by atoms with van der Waals surface area (Å²) < 4.78 is 0. The fraction of sp³-hybridized carbons (Fsp3) is 0.393. The molecular formula is C28H33N5O5.